The second-order valence-electron chi connectivity index (χ2n) is 12.9. The van der Waals surface area contributed by atoms with E-state index >= 15 is 0 Å². The Morgan fingerprint density at radius 3 is 1.95 bits per heavy atom. The van der Waals surface area contributed by atoms with Gasteiger partial charge in [0, 0.05) is 23.4 Å². The molecule has 2 unspecified atom stereocenters. The quantitative estimate of drug-likeness (QED) is 0.137. The highest BCUT2D eigenvalue weighted by Crippen LogP contribution is 2.32. The lowest BCUT2D eigenvalue weighted by atomic mass is 9.91. The third-order valence-corrected chi connectivity index (χ3v) is 8.70. The van der Waals surface area contributed by atoms with Crippen molar-refractivity contribution in [3.8, 4) is 5.75 Å². The Morgan fingerprint density at radius 1 is 0.810 bits per heavy atom. The summed E-state index contributed by atoms with van der Waals surface area (Å²) in [6.07, 6.45) is 14.2. The number of halogens is 1. The van der Waals surface area contributed by atoms with Crippen molar-refractivity contribution in [2.75, 3.05) is 6.61 Å². The van der Waals surface area contributed by atoms with E-state index in [4.69, 9.17) is 16.3 Å². The molecule has 0 heterocycles. The van der Waals surface area contributed by atoms with Gasteiger partial charge in [-0.3, -0.25) is 4.79 Å². The number of ether oxygens (including phenoxy) is 1. The number of hydrogen-bond donors (Lipinski definition) is 1. The number of carbonyl (C=O) groups excluding carboxylic acids is 2. The maximum absolute atomic E-state index is 12.5. The van der Waals surface area contributed by atoms with Gasteiger partial charge in [-0.1, -0.05) is 134 Å². The van der Waals surface area contributed by atoms with Crippen LogP contribution < -0.4 is 10.1 Å². The van der Waals surface area contributed by atoms with Crippen LogP contribution in [0.25, 0.3) is 0 Å². The van der Waals surface area contributed by atoms with Crippen LogP contribution in [0, 0.1) is 23.7 Å². The minimum Gasteiger partial charge on any atom is -0.494 e. The summed E-state index contributed by atoms with van der Waals surface area (Å²) in [6, 6.07) is 15.0. The van der Waals surface area contributed by atoms with Crippen molar-refractivity contribution in [1.82, 2.24) is 5.32 Å². The monoisotopic (exact) mass is 597 g/mol. The van der Waals surface area contributed by atoms with Crippen LogP contribution in [-0.4, -0.2) is 18.8 Å². The third kappa shape index (κ3) is 14.7. The highest BCUT2D eigenvalue weighted by Gasteiger charge is 2.20. The Kier molecular flexibility index (Phi) is 17.6. The van der Waals surface area contributed by atoms with Crippen molar-refractivity contribution in [2.24, 2.45) is 23.7 Å². The number of nitrogens with one attached hydrogen (secondary N) is 1. The molecule has 1 N–H and O–H groups in total. The fraction of sp³-hybridized carbons (Fsp3) is 0.622. The van der Waals surface area contributed by atoms with Gasteiger partial charge in [-0.05, 0) is 53.9 Å². The van der Waals surface area contributed by atoms with E-state index in [0.717, 1.165) is 47.3 Å². The number of carbonyl (C=O) groups is 2. The average Bonchev–Trinajstić information content (AvgIpc) is 2.96. The van der Waals surface area contributed by atoms with E-state index < -0.39 is 6.04 Å². The molecular weight excluding hydrogens is 542 g/mol. The predicted molar refractivity (Wildman–Crippen MR) is 177 cm³/mol. The highest BCUT2D eigenvalue weighted by molar-refractivity contribution is 6.31. The normalized spacial score (nSPS) is 14.3. The van der Waals surface area contributed by atoms with Crippen molar-refractivity contribution in [3.63, 3.8) is 0 Å². The lowest BCUT2D eigenvalue weighted by Gasteiger charge is -2.22. The number of hydrogen-bond acceptors (Lipinski definition) is 3. The van der Waals surface area contributed by atoms with Gasteiger partial charge in [0.1, 0.15) is 12.0 Å². The van der Waals surface area contributed by atoms with Crippen molar-refractivity contribution in [3.05, 3.63) is 64.7 Å². The molecular formula is C37H56ClNO3. The molecule has 2 aromatic rings. The molecule has 5 heteroatoms. The minimum atomic E-state index is -0.421. The molecule has 0 bridgehead atoms. The number of rotatable bonds is 22. The van der Waals surface area contributed by atoms with Gasteiger partial charge in [-0.25, -0.2) is 0 Å². The summed E-state index contributed by atoms with van der Waals surface area (Å²) in [4.78, 5) is 23.3. The summed E-state index contributed by atoms with van der Waals surface area (Å²) in [6.45, 7) is 12.5. The van der Waals surface area contributed by atoms with Gasteiger partial charge in [-0.15, -0.1) is 0 Å². The zero-order valence-electron chi connectivity index (χ0n) is 26.9. The molecule has 234 valence electrons. The summed E-state index contributed by atoms with van der Waals surface area (Å²) in [5.74, 6) is 3.67. The Balaban J connectivity index is 1.77. The first-order chi connectivity index (χ1) is 20.2. The molecule has 1 amide bonds. The van der Waals surface area contributed by atoms with Gasteiger partial charge in [0.25, 0.3) is 0 Å². The largest absolute Gasteiger partial charge is 0.494 e. The van der Waals surface area contributed by atoms with Crippen molar-refractivity contribution < 1.29 is 14.3 Å². The molecule has 0 aliphatic rings. The van der Waals surface area contributed by atoms with E-state index in [1.54, 1.807) is 0 Å². The lowest BCUT2D eigenvalue weighted by Crippen LogP contribution is -2.29. The molecule has 42 heavy (non-hydrogen) atoms. The maximum atomic E-state index is 12.5. The van der Waals surface area contributed by atoms with Crippen LogP contribution in [0.3, 0.4) is 0 Å². The zero-order chi connectivity index (χ0) is 30.7. The first-order valence-corrected chi connectivity index (χ1v) is 16.8. The van der Waals surface area contributed by atoms with Gasteiger partial charge in [0.2, 0.25) is 5.91 Å². The molecule has 0 aliphatic heterocycles. The minimum absolute atomic E-state index is 0.148. The van der Waals surface area contributed by atoms with Gasteiger partial charge < -0.3 is 14.8 Å². The molecule has 0 fully saturated rings. The lowest BCUT2D eigenvalue weighted by molar-refractivity contribution is -0.123. The fourth-order valence-electron chi connectivity index (χ4n) is 5.56. The summed E-state index contributed by atoms with van der Waals surface area (Å²) >= 11 is 6.61. The van der Waals surface area contributed by atoms with Crippen molar-refractivity contribution >= 4 is 23.8 Å². The maximum Gasteiger partial charge on any atom is 0.221 e. The van der Waals surface area contributed by atoms with E-state index in [9.17, 15) is 9.59 Å². The first-order valence-electron chi connectivity index (χ1n) is 16.4. The Labute approximate surface area is 261 Å². The number of amides is 1. The zero-order valence-corrected chi connectivity index (χ0v) is 27.6. The molecule has 4 nitrogen and oxygen atoms in total. The van der Waals surface area contributed by atoms with Crippen molar-refractivity contribution in [1.29, 1.82) is 0 Å². The second kappa shape index (κ2) is 20.6. The predicted octanol–water partition coefficient (Wildman–Crippen LogP) is 10.4. The van der Waals surface area contributed by atoms with Crippen LogP contribution in [0.5, 0.6) is 5.75 Å². The summed E-state index contributed by atoms with van der Waals surface area (Å²) in [7, 11) is 0. The molecule has 0 saturated carbocycles. The van der Waals surface area contributed by atoms with Gasteiger partial charge in [0.15, 0.2) is 0 Å². The summed E-state index contributed by atoms with van der Waals surface area (Å²) in [5.41, 5.74) is 1.71. The van der Waals surface area contributed by atoms with Crippen LogP contribution in [0.1, 0.15) is 129 Å². The Bertz CT molecular complexity index is 1020. The van der Waals surface area contributed by atoms with E-state index in [1.165, 1.54) is 57.8 Å². The molecule has 2 aromatic carbocycles. The SMILES string of the molecule is CC(C)CCC[C@@H](C)CCC[C@@H](C)CCCC(C)CCOc1ccc(Cl)c(C(NC(=O)CCC=O)c2ccccc2)c1. The highest BCUT2D eigenvalue weighted by atomic mass is 35.5. The molecule has 0 aliphatic carbocycles. The van der Waals surface area contributed by atoms with Crippen LogP contribution in [0.15, 0.2) is 48.5 Å². The Hall–Kier alpha value is -2.33. The number of aldehydes is 1. The van der Waals surface area contributed by atoms with E-state index in [-0.39, 0.29) is 18.7 Å². The molecule has 0 spiro atoms. The molecule has 0 saturated heterocycles. The second-order valence-corrected chi connectivity index (χ2v) is 13.3. The average molecular weight is 598 g/mol. The molecule has 4 atom stereocenters. The smallest absolute Gasteiger partial charge is 0.221 e. The first kappa shape index (κ1) is 35.9. The van der Waals surface area contributed by atoms with E-state index in [2.05, 4.69) is 39.9 Å². The topological polar surface area (TPSA) is 55.4 Å². The molecule has 0 aromatic heterocycles. The van der Waals surface area contributed by atoms with Crippen molar-refractivity contribution in [2.45, 2.75) is 118 Å². The van der Waals surface area contributed by atoms with Crippen LogP contribution in [-0.2, 0) is 9.59 Å². The summed E-state index contributed by atoms with van der Waals surface area (Å²) < 4.78 is 6.15. The third-order valence-electron chi connectivity index (χ3n) is 8.35. The van der Waals surface area contributed by atoms with Gasteiger partial charge in [-0.2, -0.15) is 0 Å². The standard InChI is InChI=1S/C37H56ClNO3/c1-28(2)13-9-14-29(3)15-10-16-30(4)17-11-18-31(5)24-26-42-33-22-23-35(38)34(27-33)37(32-19-7-6-8-20-32)39-36(41)21-12-25-40/h6-8,19-20,22-23,25,27-31,37H,9-18,21,24,26H2,1-5H3,(H,39,41)/t29-,30-,31?,37?/m1/s1. The fourth-order valence-corrected chi connectivity index (χ4v) is 5.78. The summed E-state index contributed by atoms with van der Waals surface area (Å²) in [5, 5.41) is 3.62. The van der Waals surface area contributed by atoms with Gasteiger partial charge >= 0.3 is 0 Å². The van der Waals surface area contributed by atoms with Crippen LogP contribution >= 0.6 is 11.6 Å². The van der Waals surface area contributed by atoms with Crippen LogP contribution in [0.2, 0.25) is 5.02 Å². The van der Waals surface area contributed by atoms with Gasteiger partial charge in [0.05, 0.1) is 12.6 Å². The Morgan fingerprint density at radius 2 is 1.38 bits per heavy atom. The van der Waals surface area contributed by atoms with Crippen LogP contribution in [0.4, 0.5) is 0 Å². The number of benzene rings is 2. The molecule has 0 radical (unpaired) electrons. The molecule has 2 rings (SSSR count). The van der Waals surface area contributed by atoms with E-state index in [0.29, 0.717) is 17.5 Å². The van der Waals surface area contributed by atoms with E-state index in [1.807, 2.05) is 48.5 Å².